The standard InChI is InChI=1S/C14H12N2O3S/c17-12-6-5-9(13(18)16-12)15-14(19)11-7-8-3-1-2-4-10(8)20-11/h1-4,7,9H,5-6H2,(H,15,19)(H,16,17,18). The molecule has 1 atom stereocenters. The van der Waals surface area contributed by atoms with Gasteiger partial charge in [-0.3, -0.25) is 19.7 Å². The summed E-state index contributed by atoms with van der Waals surface area (Å²) in [6.07, 6.45) is 0.602. The zero-order chi connectivity index (χ0) is 14.1. The molecule has 2 N–H and O–H groups in total. The van der Waals surface area contributed by atoms with E-state index in [-0.39, 0.29) is 18.2 Å². The summed E-state index contributed by atoms with van der Waals surface area (Å²) < 4.78 is 1.03. The van der Waals surface area contributed by atoms with E-state index in [1.807, 2.05) is 24.3 Å². The molecule has 3 rings (SSSR count). The predicted molar refractivity (Wildman–Crippen MR) is 75.5 cm³/mol. The molecular formula is C14H12N2O3S. The van der Waals surface area contributed by atoms with E-state index >= 15 is 0 Å². The molecule has 2 aromatic rings. The molecule has 1 saturated heterocycles. The van der Waals surface area contributed by atoms with Crippen molar-refractivity contribution in [2.45, 2.75) is 18.9 Å². The second kappa shape index (κ2) is 5.05. The largest absolute Gasteiger partial charge is 0.340 e. The molecule has 0 saturated carbocycles. The first-order chi connectivity index (χ1) is 9.63. The molecular weight excluding hydrogens is 276 g/mol. The van der Waals surface area contributed by atoms with Crippen LogP contribution in [0.3, 0.4) is 0 Å². The highest BCUT2D eigenvalue weighted by atomic mass is 32.1. The predicted octanol–water partition coefficient (Wildman–Crippen LogP) is 1.44. The van der Waals surface area contributed by atoms with Crippen LogP contribution in [0.5, 0.6) is 0 Å². The minimum atomic E-state index is -0.634. The maximum Gasteiger partial charge on any atom is 0.262 e. The van der Waals surface area contributed by atoms with Gasteiger partial charge < -0.3 is 5.32 Å². The second-order valence-electron chi connectivity index (χ2n) is 4.63. The normalized spacial score (nSPS) is 18.9. The number of fused-ring (bicyclic) bond motifs is 1. The van der Waals surface area contributed by atoms with Crippen molar-refractivity contribution in [3.8, 4) is 0 Å². The minimum Gasteiger partial charge on any atom is -0.340 e. The lowest BCUT2D eigenvalue weighted by Crippen LogP contribution is -2.52. The van der Waals surface area contributed by atoms with Crippen molar-refractivity contribution in [2.24, 2.45) is 0 Å². The Morgan fingerprint density at radius 3 is 2.85 bits per heavy atom. The first-order valence-electron chi connectivity index (χ1n) is 6.26. The molecule has 5 nitrogen and oxygen atoms in total. The van der Waals surface area contributed by atoms with Crippen molar-refractivity contribution in [1.82, 2.24) is 10.6 Å². The first-order valence-corrected chi connectivity index (χ1v) is 7.08. The number of hydrogen-bond donors (Lipinski definition) is 2. The monoisotopic (exact) mass is 288 g/mol. The third kappa shape index (κ3) is 2.42. The molecule has 2 heterocycles. The number of piperidine rings is 1. The number of hydrogen-bond acceptors (Lipinski definition) is 4. The fourth-order valence-corrected chi connectivity index (χ4v) is 3.12. The number of amides is 3. The number of rotatable bonds is 2. The minimum absolute atomic E-state index is 0.253. The summed E-state index contributed by atoms with van der Waals surface area (Å²) in [6.45, 7) is 0. The van der Waals surface area contributed by atoms with Gasteiger partial charge in [-0.05, 0) is 23.9 Å². The van der Waals surface area contributed by atoms with Crippen LogP contribution in [-0.2, 0) is 9.59 Å². The topological polar surface area (TPSA) is 75.3 Å². The van der Waals surface area contributed by atoms with Crippen molar-refractivity contribution in [1.29, 1.82) is 0 Å². The van der Waals surface area contributed by atoms with Crippen molar-refractivity contribution < 1.29 is 14.4 Å². The molecule has 6 heteroatoms. The number of nitrogens with one attached hydrogen (secondary N) is 2. The zero-order valence-corrected chi connectivity index (χ0v) is 11.3. The van der Waals surface area contributed by atoms with E-state index in [0.29, 0.717) is 11.3 Å². The van der Waals surface area contributed by atoms with E-state index in [9.17, 15) is 14.4 Å². The van der Waals surface area contributed by atoms with E-state index in [0.717, 1.165) is 10.1 Å². The maximum absolute atomic E-state index is 12.1. The van der Waals surface area contributed by atoms with E-state index in [2.05, 4.69) is 10.6 Å². The van der Waals surface area contributed by atoms with E-state index < -0.39 is 11.9 Å². The molecule has 1 aliphatic heterocycles. The van der Waals surface area contributed by atoms with Gasteiger partial charge in [0.1, 0.15) is 6.04 Å². The molecule has 0 radical (unpaired) electrons. The Labute approximate surface area is 119 Å². The molecule has 1 aromatic carbocycles. The van der Waals surface area contributed by atoms with Crippen LogP contribution in [0, 0.1) is 0 Å². The Hall–Kier alpha value is -2.21. The Kier molecular flexibility index (Phi) is 3.23. The van der Waals surface area contributed by atoms with Gasteiger partial charge in [0.15, 0.2) is 0 Å². The lowest BCUT2D eigenvalue weighted by molar-refractivity contribution is -0.134. The first kappa shape index (κ1) is 12.8. The van der Waals surface area contributed by atoms with Crippen molar-refractivity contribution in [3.05, 3.63) is 35.2 Å². The fraction of sp³-hybridized carbons (Fsp3) is 0.214. The van der Waals surface area contributed by atoms with Crippen LogP contribution in [0.1, 0.15) is 22.5 Å². The molecule has 0 aliphatic carbocycles. The zero-order valence-electron chi connectivity index (χ0n) is 10.5. The molecule has 1 aliphatic rings. The van der Waals surface area contributed by atoms with Crippen LogP contribution in [0.15, 0.2) is 30.3 Å². The number of benzene rings is 1. The number of thiophene rings is 1. The van der Waals surface area contributed by atoms with Gasteiger partial charge in [0.2, 0.25) is 11.8 Å². The number of imide groups is 1. The summed E-state index contributed by atoms with van der Waals surface area (Å²) in [7, 11) is 0. The van der Waals surface area contributed by atoms with Gasteiger partial charge in [-0.15, -0.1) is 11.3 Å². The van der Waals surface area contributed by atoms with Gasteiger partial charge in [-0.25, -0.2) is 0 Å². The number of carbonyl (C=O) groups is 3. The highest BCUT2D eigenvalue weighted by molar-refractivity contribution is 7.20. The van der Waals surface area contributed by atoms with Gasteiger partial charge in [0.05, 0.1) is 4.88 Å². The van der Waals surface area contributed by atoms with Crippen LogP contribution < -0.4 is 10.6 Å². The van der Waals surface area contributed by atoms with E-state index in [4.69, 9.17) is 0 Å². The highest BCUT2D eigenvalue weighted by Gasteiger charge is 2.28. The van der Waals surface area contributed by atoms with Crippen LogP contribution in [0.2, 0.25) is 0 Å². The highest BCUT2D eigenvalue weighted by Crippen LogP contribution is 2.25. The molecule has 1 unspecified atom stereocenters. The summed E-state index contributed by atoms with van der Waals surface area (Å²) in [5, 5.41) is 5.90. The summed E-state index contributed by atoms with van der Waals surface area (Å²) in [5.74, 6) is -1.00. The molecule has 20 heavy (non-hydrogen) atoms. The van der Waals surface area contributed by atoms with Crippen LogP contribution in [-0.4, -0.2) is 23.8 Å². The third-order valence-corrected chi connectivity index (χ3v) is 4.31. The van der Waals surface area contributed by atoms with Crippen molar-refractivity contribution >= 4 is 39.1 Å². The smallest absolute Gasteiger partial charge is 0.262 e. The SMILES string of the molecule is O=C1CCC(NC(=O)c2cc3ccccc3s2)C(=O)N1. The molecule has 0 bridgehead atoms. The van der Waals surface area contributed by atoms with Crippen LogP contribution >= 0.6 is 11.3 Å². The lowest BCUT2D eigenvalue weighted by atomic mass is 10.1. The van der Waals surface area contributed by atoms with Gasteiger partial charge >= 0.3 is 0 Å². The average molecular weight is 288 g/mol. The second-order valence-corrected chi connectivity index (χ2v) is 5.71. The summed E-state index contributed by atoms with van der Waals surface area (Å²) >= 11 is 1.39. The summed E-state index contributed by atoms with van der Waals surface area (Å²) in [4.78, 5) is 35.4. The number of carbonyl (C=O) groups excluding carboxylic acids is 3. The lowest BCUT2D eigenvalue weighted by Gasteiger charge is -2.21. The average Bonchev–Trinajstić information content (AvgIpc) is 2.86. The fourth-order valence-electron chi connectivity index (χ4n) is 2.15. The Morgan fingerprint density at radius 1 is 1.30 bits per heavy atom. The van der Waals surface area contributed by atoms with Gasteiger partial charge in [0.25, 0.3) is 5.91 Å². The summed E-state index contributed by atoms with van der Waals surface area (Å²) in [6, 6.07) is 8.89. The Bertz CT molecular complexity index is 674. The quantitative estimate of drug-likeness (QED) is 0.821. The van der Waals surface area contributed by atoms with E-state index in [1.54, 1.807) is 6.07 Å². The third-order valence-electron chi connectivity index (χ3n) is 3.19. The maximum atomic E-state index is 12.1. The van der Waals surface area contributed by atoms with Gasteiger partial charge in [-0.2, -0.15) is 0 Å². The van der Waals surface area contributed by atoms with Gasteiger partial charge in [0, 0.05) is 11.1 Å². The molecule has 3 amide bonds. The molecule has 1 aromatic heterocycles. The van der Waals surface area contributed by atoms with Crippen molar-refractivity contribution in [3.63, 3.8) is 0 Å². The molecule has 0 spiro atoms. The Balaban J connectivity index is 1.76. The van der Waals surface area contributed by atoms with Gasteiger partial charge in [-0.1, -0.05) is 18.2 Å². The van der Waals surface area contributed by atoms with Crippen molar-refractivity contribution in [2.75, 3.05) is 0 Å². The Morgan fingerprint density at radius 2 is 2.10 bits per heavy atom. The van der Waals surface area contributed by atoms with Crippen LogP contribution in [0.4, 0.5) is 0 Å². The summed E-state index contributed by atoms with van der Waals surface area (Å²) in [5.41, 5.74) is 0. The van der Waals surface area contributed by atoms with E-state index in [1.165, 1.54) is 11.3 Å². The molecule has 1 fully saturated rings. The van der Waals surface area contributed by atoms with Crippen LogP contribution in [0.25, 0.3) is 10.1 Å². The molecule has 102 valence electrons.